The minimum atomic E-state index is -0.726. The van der Waals surface area contributed by atoms with Crippen LogP contribution in [0.1, 0.15) is 24.8 Å². The summed E-state index contributed by atoms with van der Waals surface area (Å²) in [7, 11) is 0. The van der Waals surface area contributed by atoms with Crippen molar-refractivity contribution < 1.29 is 9.90 Å². The number of carboxylic acids is 1. The van der Waals surface area contributed by atoms with Gasteiger partial charge in [0, 0.05) is 10.5 Å². The van der Waals surface area contributed by atoms with Gasteiger partial charge in [0.15, 0.2) is 0 Å². The number of carbonyl (C=O) groups is 1. The van der Waals surface area contributed by atoms with Crippen LogP contribution in [0, 0.1) is 17.2 Å². The molecule has 1 saturated carbocycles. The van der Waals surface area contributed by atoms with Gasteiger partial charge >= 0.3 is 5.97 Å². The molecule has 0 aliphatic heterocycles. The van der Waals surface area contributed by atoms with Crippen molar-refractivity contribution in [2.45, 2.75) is 25.3 Å². The van der Waals surface area contributed by atoms with Crippen molar-refractivity contribution in [1.82, 2.24) is 0 Å². The number of aliphatic carboxylic acids is 1. The average molecular weight is 309 g/mol. The maximum atomic E-state index is 10.9. The standard InChI is InChI=1S/C13H13BrN2O2/c14-10-2-4-12(9(5-10)7-15)16-11-3-1-8(6-11)13(17)18/h2,4-5,8,11,16H,1,3,6H2,(H,17,18)/t8-,11+/m1/s1. The zero-order valence-electron chi connectivity index (χ0n) is 9.69. The van der Waals surface area contributed by atoms with E-state index in [0.29, 0.717) is 18.4 Å². The lowest BCUT2D eigenvalue weighted by molar-refractivity contribution is -0.141. The van der Waals surface area contributed by atoms with Crippen LogP contribution in [0.15, 0.2) is 22.7 Å². The SMILES string of the molecule is N#Cc1cc(Br)ccc1N[C@H]1CC[C@@H](C(=O)O)C1. The Balaban J connectivity index is 2.07. The molecule has 0 spiro atoms. The molecule has 1 aromatic rings. The molecule has 5 heteroatoms. The third kappa shape index (κ3) is 2.82. The Morgan fingerprint density at radius 3 is 2.89 bits per heavy atom. The van der Waals surface area contributed by atoms with Gasteiger partial charge in [-0.05, 0) is 37.5 Å². The number of nitrogens with one attached hydrogen (secondary N) is 1. The van der Waals surface area contributed by atoms with Crippen LogP contribution < -0.4 is 5.32 Å². The van der Waals surface area contributed by atoms with Crippen molar-refractivity contribution in [3.63, 3.8) is 0 Å². The first kappa shape index (κ1) is 12.9. The van der Waals surface area contributed by atoms with E-state index in [2.05, 4.69) is 27.3 Å². The van der Waals surface area contributed by atoms with Crippen LogP contribution in [0.25, 0.3) is 0 Å². The van der Waals surface area contributed by atoms with Gasteiger partial charge in [-0.2, -0.15) is 5.26 Å². The molecule has 2 atom stereocenters. The number of hydrogen-bond acceptors (Lipinski definition) is 3. The second-order valence-electron chi connectivity index (χ2n) is 4.49. The smallest absolute Gasteiger partial charge is 0.306 e. The molecule has 1 aliphatic rings. The van der Waals surface area contributed by atoms with Crippen molar-refractivity contribution >= 4 is 27.6 Å². The van der Waals surface area contributed by atoms with Gasteiger partial charge in [0.1, 0.15) is 6.07 Å². The van der Waals surface area contributed by atoms with E-state index in [1.165, 1.54) is 0 Å². The molecule has 0 radical (unpaired) electrons. The first-order valence-corrected chi connectivity index (χ1v) is 6.58. The van der Waals surface area contributed by atoms with Crippen LogP contribution in [-0.4, -0.2) is 17.1 Å². The molecule has 2 rings (SSSR count). The molecule has 1 fully saturated rings. The summed E-state index contributed by atoms with van der Waals surface area (Å²) >= 11 is 3.32. The zero-order valence-corrected chi connectivity index (χ0v) is 11.3. The summed E-state index contributed by atoms with van der Waals surface area (Å²) in [5, 5.41) is 21.3. The van der Waals surface area contributed by atoms with Gasteiger partial charge in [-0.25, -0.2) is 0 Å². The topological polar surface area (TPSA) is 73.1 Å². The van der Waals surface area contributed by atoms with Gasteiger partial charge in [0.05, 0.1) is 17.2 Å². The summed E-state index contributed by atoms with van der Waals surface area (Å²) in [4.78, 5) is 10.9. The number of benzene rings is 1. The summed E-state index contributed by atoms with van der Waals surface area (Å²) in [6.07, 6.45) is 2.15. The molecular weight excluding hydrogens is 296 g/mol. The maximum Gasteiger partial charge on any atom is 0.306 e. The van der Waals surface area contributed by atoms with Gasteiger partial charge in [-0.1, -0.05) is 15.9 Å². The van der Waals surface area contributed by atoms with Crippen molar-refractivity contribution in [1.29, 1.82) is 5.26 Å². The number of carboxylic acid groups (broad SMARTS) is 1. The molecule has 94 valence electrons. The van der Waals surface area contributed by atoms with Crippen LogP contribution in [-0.2, 0) is 4.79 Å². The number of anilines is 1. The molecule has 1 aromatic carbocycles. The fourth-order valence-corrected chi connectivity index (χ4v) is 2.65. The fraction of sp³-hybridized carbons (Fsp3) is 0.385. The van der Waals surface area contributed by atoms with Crippen molar-refractivity contribution in [2.75, 3.05) is 5.32 Å². The maximum absolute atomic E-state index is 10.9. The third-order valence-electron chi connectivity index (χ3n) is 3.24. The largest absolute Gasteiger partial charge is 0.481 e. The zero-order chi connectivity index (χ0) is 13.1. The van der Waals surface area contributed by atoms with E-state index in [1.807, 2.05) is 12.1 Å². The van der Waals surface area contributed by atoms with E-state index in [4.69, 9.17) is 10.4 Å². The van der Waals surface area contributed by atoms with Crippen LogP contribution in [0.5, 0.6) is 0 Å². The van der Waals surface area contributed by atoms with Gasteiger partial charge in [-0.15, -0.1) is 0 Å². The second-order valence-corrected chi connectivity index (χ2v) is 5.41. The monoisotopic (exact) mass is 308 g/mol. The number of halogens is 1. The quantitative estimate of drug-likeness (QED) is 0.900. The van der Waals surface area contributed by atoms with Crippen LogP contribution in [0.3, 0.4) is 0 Å². The minimum absolute atomic E-state index is 0.138. The Labute approximate surface area is 114 Å². The number of rotatable bonds is 3. The van der Waals surface area contributed by atoms with E-state index in [1.54, 1.807) is 6.07 Å². The molecule has 0 unspecified atom stereocenters. The Bertz CT molecular complexity index is 510. The van der Waals surface area contributed by atoms with Crippen molar-refractivity contribution in [3.05, 3.63) is 28.2 Å². The van der Waals surface area contributed by atoms with Crippen molar-refractivity contribution in [2.24, 2.45) is 5.92 Å². The van der Waals surface area contributed by atoms with Crippen LogP contribution >= 0.6 is 15.9 Å². The molecule has 0 saturated heterocycles. The molecule has 0 bridgehead atoms. The molecule has 0 heterocycles. The first-order valence-electron chi connectivity index (χ1n) is 5.79. The summed E-state index contributed by atoms with van der Waals surface area (Å²) in [6, 6.07) is 7.74. The van der Waals surface area contributed by atoms with E-state index in [-0.39, 0.29) is 12.0 Å². The molecule has 4 nitrogen and oxygen atoms in total. The normalized spacial score (nSPS) is 22.4. The second kappa shape index (κ2) is 5.40. The molecule has 1 aliphatic carbocycles. The summed E-state index contributed by atoms with van der Waals surface area (Å²) in [5.74, 6) is -0.987. The minimum Gasteiger partial charge on any atom is -0.481 e. The highest BCUT2D eigenvalue weighted by Gasteiger charge is 2.29. The highest BCUT2D eigenvalue weighted by Crippen LogP contribution is 2.30. The lowest BCUT2D eigenvalue weighted by atomic mass is 10.1. The van der Waals surface area contributed by atoms with Crippen LogP contribution in [0.2, 0.25) is 0 Å². The molecular formula is C13H13BrN2O2. The Morgan fingerprint density at radius 1 is 1.50 bits per heavy atom. The predicted octanol–water partition coefficient (Wildman–Crippen LogP) is 2.99. The molecule has 2 N–H and O–H groups in total. The molecule has 0 aromatic heterocycles. The summed E-state index contributed by atoms with van der Waals surface area (Å²) in [6.45, 7) is 0. The number of nitrogens with zero attached hydrogens (tertiary/aromatic N) is 1. The summed E-state index contributed by atoms with van der Waals surface area (Å²) in [5.41, 5.74) is 1.35. The van der Waals surface area contributed by atoms with E-state index in [9.17, 15) is 4.79 Å². The van der Waals surface area contributed by atoms with Gasteiger partial charge < -0.3 is 10.4 Å². The fourth-order valence-electron chi connectivity index (χ4n) is 2.29. The van der Waals surface area contributed by atoms with Gasteiger partial charge in [0.25, 0.3) is 0 Å². The van der Waals surface area contributed by atoms with Crippen LogP contribution in [0.4, 0.5) is 5.69 Å². The lowest BCUT2D eigenvalue weighted by Gasteiger charge is -2.15. The predicted molar refractivity (Wildman–Crippen MR) is 71.2 cm³/mol. The summed E-state index contributed by atoms with van der Waals surface area (Å²) < 4.78 is 0.861. The molecule has 0 amide bonds. The Kier molecular flexibility index (Phi) is 3.87. The average Bonchev–Trinajstić information content (AvgIpc) is 2.80. The number of hydrogen-bond donors (Lipinski definition) is 2. The van der Waals surface area contributed by atoms with E-state index < -0.39 is 5.97 Å². The van der Waals surface area contributed by atoms with E-state index in [0.717, 1.165) is 16.6 Å². The highest BCUT2D eigenvalue weighted by atomic mass is 79.9. The van der Waals surface area contributed by atoms with Crippen molar-refractivity contribution in [3.8, 4) is 6.07 Å². The lowest BCUT2D eigenvalue weighted by Crippen LogP contribution is -2.18. The number of nitriles is 1. The van der Waals surface area contributed by atoms with Gasteiger partial charge in [0.2, 0.25) is 0 Å². The third-order valence-corrected chi connectivity index (χ3v) is 3.74. The Morgan fingerprint density at radius 2 is 2.28 bits per heavy atom. The Hall–Kier alpha value is -1.54. The van der Waals surface area contributed by atoms with Gasteiger partial charge in [-0.3, -0.25) is 4.79 Å². The highest BCUT2D eigenvalue weighted by molar-refractivity contribution is 9.10. The molecule has 18 heavy (non-hydrogen) atoms. The van der Waals surface area contributed by atoms with E-state index >= 15 is 0 Å². The first-order chi connectivity index (χ1) is 8.60.